The van der Waals surface area contributed by atoms with Gasteiger partial charge in [-0.2, -0.15) is 0 Å². The van der Waals surface area contributed by atoms with Gasteiger partial charge in [-0.3, -0.25) is 4.98 Å². The number of benzene rings is 1. The highest BCUT2D eigenvalue weighted by Gasteiger charge is 2.22. The number of nitrogens with zero attached hydrogens (tertiary/aromatic N) is 1. The fourth-order valence-electron chi connectivity index (χ4n) is 3.10. The van der Waals surface area contributed by atoms with Crippen LogP contribution < -0.4 is 5.32 Å². The zero-order valence-corrected chi connectivity index (χ0v) is 12.8. The first-order chi connectivity index (χ1) is 10.4. The van der Waals surface area contributed by atoms with Crippen LogP contribution in [0.4, 0.5) is 5.69 Å². The van der Waals surface area contributed by atoms with Gasteiger partial charge >= 0.3 is 0 Å². The monoisotopic (exact) mass is 280 g/mol. The summed E-state index contributed by atoms with van der Waals surface area (Å²) >= 11 is 0. The molecule has 1 aromatic heterocycles. The third-order valence-electron chi connectivity index (χ3n) is 4.32. The van der Waals surface area contributed by atoms with Crippen LogP contribution in [0.2, 0.25) is 0 Å². The van der Waals surface area contributed by atoms with E-state index in [0.29, 0.717) is 6.04 Å². The van der Waals surface area contributed by atoms with Gasteiger partial charge in [-0.05, 0) is 55.0 Å². The molecular weight excluding hydrogens is 256 g/mol. The van der Waals surface area contributed by atoms with Crippen LogP contribution in [-0.4, -0.2) is 4.98 Å². The second kappa shape index (κ2) is 6.75. The molecule has 0 saturated heterocycles. The third-order valence-corrected chi connectivity index (χ3v) is 4.32. The Kier molecular flexibility index (Phi) is 4.54. The average Bonchev–Trinajstić information content (AvgIpc) is 2.93. The quantitative estimate of drug-likeness (QED) is 0.760. The van der Waals surface area contributed by atoms with Gasteiger partial charge in [-0.15, -0.1) is 0 Å². The summed E-state index contributed by atoms with van der Waals surface area (Å²) in [5.41, 5.74) is 5.27. The lowest BCUT2D eigenvalue weighted by molar-refractivity contribution is 0.717. The molecule has 1 heterocycles. The van der Waals surface area contributed by atoms with Crippen molar-refractivity contribution in [1.29, 1.82) is 0 Å². The van der Waals surface area contributed by atoms with E-state index in [-0.39, 0.29) is 0 Å². The lowest BCUT2D eigenvalue weighted by Crippen LogP contribution is -2.08. The summed E-state index contributed by atoms with van der Waals surface area (Å²) in [5.74, 6) is 0. The van der Waals surface area contributed by atoms with Crippen molar-refractivity contribution in [3.63, 3.8) is 0 Å². The van der Waals surface area contributed by atoms with Gasteiger partial charge in [0.15, 0.2) is 0 Å². The Morgan fingerprint density at radius 3 is 2.81 bits per heavy atom. The van der Waals surface area contributed by atoms with Gasteiger partial charge in [0.1, 0.15) is 0 Å². The molecule has 0 saturated carbocycles. The predicted molar refractivity (Wildman–Crippen MR) is 88.6 cm³/mol. The average molecular weight is 280 g/mol. The maximum Gasteiger partial charge on any atom is 0.0691 e. The van der Waals surface area contributed by atoms with E-state index in [1.54, 1.807) is 0 Å². The molecule has 1 aliphatic carbocycles. The Balaban J connectivity index is 1.61. The smallest absolute Gasteiger partial charge is 0.0691 e. The Labute approximate surface area is 127 Å². The van der Waals surface area contributed by atoms with Gasteiger partial charge in [0.25, 0.3) is 0 Å². The van der Waals surface area contributed by atoms with Crippen LogP contribution in [0.15, 0.2) is 42.6 Å². The molecule has 0 amide bonds. The van der Waals surface area contributed by atoms with Crippen LogP contribution in [0, 0.1) is 0 Å². The fraction of sp³-hybridized carbons (Fsp3) is 0.421. The summed E-state index contributed by atoms with van der Waals surface area (Å²) in [6.45, 7) is 2.25. The van der Waals surface area contributed by atoms with Crippen LogP contribution in [0.5, 0.6) is 0 Å². The summed E-state index contributed by atoms with van der Waals surface area (Å²) in [7, 11) is 0. The normalized spacial score (nSPS) is 16.7. The van der Waals surface area contributed by atoms with Crippen molar-refractivity contribution in [3.05, 3.63) is 59.4 Å². The Morgan fingerprint density at radius 2 is 2.00 bits per heavy atom. The number of unbranched alkanes of at least 4 members (excludes halogenated alkanes) is 2. The van der Waals surface area contributed by atoms with Crippen LogP contribution in [0.25, 0.3) is 0 Å². The van der Waals surface area contributed by atoms with Gasteiger partial charge in [-0.1, -0.05) is 38.0 Å². The summed E-state index contributed by atoms with van der Waals surface area (Å²) in [6.07, 6.45) is 9.28. The van der Waals surface area contributed by atoms with Gasteiger partial charge in [0.05, 0.1) is 11.7 Å². The number of anilines is 1. The summed E-state index contributed by atoms with van der Waals surface area (Å²) < 4.78 is 0. The van der Waals surface area contributed by atoms with E-state index in [4.69, 9.17) is 0 Å². The highest BCUT2D eigenvalue weighted by Crippen LogP contribution is 2.32. The number of fused-ring (bicyclic) bond motifs is 1. The molecule has 2 nitrogen and oxygen atoms in total. The number of hydrogen-bond donors (Lipinski definition) is 1. The maximum atomic E-state index is 4.54. The fourth-order valence-corrected chi connectivity index (χ4v) is 3.10. The summed E-state index contributed by atoms with van der Waals surface area (Å²) in [5, 5.41) is 3.63. The molecule has 1 aromatic carbocycles. The number of pyridine rings is 1. The third kappa shape index (κ3) is 3.44. The highest BCUT2D eigenvalue weighted by molar-refractivity contribution is 5.48. The van der Waals surface area contributed by atoms with Crippen molar-refractivity contribution in [2.24, 2.45) is 0 Å². The van der Waals surface area contributed by atoms with Crippen LogP contribution in [-0.2, 0) is 12.8 Å². The van der Waals surface area contributed by atoms with Crippen molar-refractivity contribution < 1.29 is 0 Å². The highest BCUT2D eigenvalue weighted by atomic mass is 15.0. The molecular formula is C19H24N2. The van der Waals surface area contributed by atoms with Gasteiger partial charge in [0, 0.05) is 11.9 Å². The van der Waals surface area contributed by atoms with Crippen LogP contribution in [0.3, 0.4) is 0 Å². The molecule has 1 N–H and O–H groups in total. The Morgan fingerprint density at radius 1 is 1.14 bits per heavy atom. The first-order valence-corrected chi connectivity index (χ1v) is 8.16. The molecule has 21 heavy (non-hydrogen) atoms. The summed E-state index contributed by atoms with van der Waals surface area (Å²) in [4.78, 5) is 4.54. The largest absolute Gasteiger partial charge is 0.377 e. The number of hydrogen-bond acceptors (Lipinski definition) is 2. The molecule has 0 fully saturated rings. The van der Waals surface area contributed by atoms with E-state index in [2.05, 4.69) is 47.6 Å². The molecule has 110 valence electrons. The molecule has 0 radical (unpaired) electrons. The Bertz CT molecular complexity index is 574. The maximum absolute atomic E-state index is 4.54. The van der Waals surface area contributed by atoms with Crippen molar-refractivity contribution in [2.45, 2.75) is 51.5 Å². The van der Waals surface area contributed by atoms with Crippen molar-refractivity contribution in [3.8, 4) is 0 Å². The summed E-state index contributed by atoms with van der Waals surface area (Å²) in [6, 6.07) is 13.5. The molecule has 1 unspecified atom stereocenters. The molecule has 2 aromatic rings. The van der Waals surface area contributed by atoms with E-state index in [1.807, 2.05) is 12.3 Å². The Hall–Kier alpha value is -1.83. The molecule has 1 aliphatic rings. The van der Waals surface area contributed by atoms with E-state index < -0.39 is 0 Å². The lowest BCUT2D eigenvalue weighted by Gasteiger charge is -2.15. The molecule has 2 heteroatoms. The lowest BCUT2D eigenvalue weighted by atomic mass is 10.1. The van der Waals surface area contributed by atoms with Crippen LogP contribution >= 0.6 is 0 Å². The first-order valence-electron chi connectivity index (χ1n) is 8.16. The minimum Gasteiger partial charge on any atom is -0.377 e. The number of aromatic nitrogens is 1. The molecule has 3 rings (SSSR count). The molecule has 0 spiro atoms. The zero-order valence-electron chi connectivity index (χ0n) is 12.8. The SMILES string of the molecule is CCCCCc1ccc(NC2CCc3cccnc32)cc1. The minimum atomic E-state index is 0.368. The molecule has 0 aliphatic heterocycles. The molecule has 0 bridgehead atoms. The van der Waals surface area contributed by atoms with E-state index in [0.717, 1.165) is 12.8 Å². The minimum absolute atomic E-state index is 0.368. The molecule has 1 atom stereocenters. The zero-order chi connectivity index (χ0) is 14.5. The van der Waals surface area contributed by atoms with Crippen molar-refractivity contribution >= 4 is 5.69 Å². The van der Waals surface area contributed by atoms with E-state index >= 15 is 0 Å². The second-order valence-corrected chi connectivity index (χ2v) is 5.94. The van der Waals surface area contributed by atoms with Gasteiger partial charge < -0.3 is 5.32 Å². The van der Waals surface area contributed by atoms with Gasteiger partial charge in [0.2, 0.25) is 0 Å². The van der Waals surface area contributed by atoms with Gasteiger partial charge in [-0.25, -0.2) is 0 Å². The van der Waals surface area contributed by atoms with E-state index in [9.17, 15) is 0 Å². The topological polar surface area (TPSA) is 24.9 Å². The van der Waals surface area contributed by atoms with Crippen molar-refractivity contribution in [2.75, 3.05) is 5.32 Å². The predicted octanol–water partition coefficient (Wildman–Crippen LogP) is 4.91. The number of nitrogens with one attached hydrogen (secondary N) is 1. The van der Waals surface area contributed by atoms with Crippen molar-refractivity contribution in [1.82, 2.24) is 4.98 Å². The first kappa shape index (κ1) is 14.1. The number of rotatable bonds is 6. The standard InChI is InChI=1S/C19H24N2/c1-2-3-4-6-15-8-11-17(12-9-15)21-18-13-10-16-7-5-14-20-19(16)18/h5,7-9,11-12,14,18,21H,2-4,6,10,13H2,1H3. The van der Waals surface area contributed by atoms with Crippen LogP contribution in [0.1, 0.15) is 55.5 Å². The van der Waals surface area contributed by atoms with E-state index in [1.165, 1.54) is 48.2 Å². The second-order valence-electron chi connectivity index (χ2n) is 5.94. The number of aryl methyl sites for hydroxylation is 2.